The number of phenols is 2. The lowest BCUT2D eigenvalue weighted by atomic mass is 10.1. The van der Waals surface area contributed by atoms with Crippen molar-refractivity contribution in [3.8, 4) is 23.1 Å². The quantitative estimate of drug-likeness (QED) is 0.0105. The molecule has 0 saturated heterocycles. The number of hydrogen-bond acceptors (Lipinski definition) is 26. The zero-order chi connectivity index (χ0) is 59.3. The van der Waals surface area contributed by atoms with Crippen LogP contribution in [0.2, 0.25) is 0 Å². The van der Waals surface area contributed by atoms with Crippen molar-refractivity contribution >= 4 is 135 Å². The molecule has 0 unspecified atom stereocenters. The monoisotopic (exact) mass is 1210 g/mol. The highest BCUT2D eigenvalue weighted by Crippen LogP contribution is 2.48. The smallest absolute Gasteiger partial charge is 0.303 e. The maximum Gasteiger partial charge on any atom is 0.303 e. The molecule has 39 heteroatoms. The second-order valence-electron chi connectivity index (χ2n) is 16.0. The molecule has 0 fully saturated rings. The Hall–Kier alpha value is -9.71. The summed E-state index contributed by atoms with van der Waals surface area (Å²) in [6.07, 6.45) is 0. The van der Waals surface area contributed by atoms with E-state index in [2.05, 4.69) is 46.0 Å². The van der Waals surface area contributed by atoms with Crippen LogP contribution in [0.25, 0.3) is 27.2 Å². The van der Waals surface area contributed by atoms with Gasteiger partial charge < -0.3 is 20.7 Å². The first-order valence-electron chi connectivity index (χ1n) is 21.2. The van der Waals surface area contributed by atoms with E-state index in [4.69, 9.17) is 10.5 Å². The topological polar surface area (TPSA) is 544 Å². The van der Waals surface area contributed by atoms with Crippen LogP contribution in [-0.2, 0) is 55.4 Å². The number of anilines is 1. The lowest BCUT2D eigenvalue weighted by molar-refractivity contribution is -0.384. The summed E-state index contributed by atoms with van der Waals surface area (Å²) in [5.74, 6) is -2.90. The van der Waals surface area contributed by atoms with Gasteiger partial charge in [0.2, 0.25) is 11.6 Å². The molecule has 418 valence electrons. The van der Waals surface area contributed by atoms with Crippen molar-refractivity contribution in [2.45, 2.75) is 24.5 Å². The van der Waals surface area contributed by atoms with Crippen LogP contribution >= 0.6 is 0 Å². The standard InChI is InChI=1S/C42H28N12O22S5/c43-35-29(17-31(78(64,65)66)23-11-13-27(39(57)34(23)35)47-45-25-3-1-2-4-30(25)54(59)60)49-48-28-14-10-22-24(40(28)81(73,74)75)16-33(80(70,71)72)36(38(22)56)50-44-19-5-12-26(32(15-19)79(67,68)69)46-51-37-41(76-18-55)52-53(42(37)58)20-6-8-21(9-7-20)77(61,62)63/h1-18,52,56-57H,43H2,(H,61,62,63)(H,64,65,66)(H,67,68,69)(H,70,71,72)(H,73,74,75). The van der Waals surface area contributed by atoms with Crippen LogP contribution in [0.5, 0.6) is 17.4 Å². The number of nitrogens with one attached hydrogen (secondary N) is 1. The van der Waals surface area contributed by atoms with Crippen LogP contribution in [0.1, 0.15) is 0 Å². The van der Waals surface area contributed by atoms with Crippen molar-refractivity contribution in [1.29, 1.82) is 0 Å². The second kappa shape index (κ2) is 21.2. The summed E-state index contributed by atoms with van der Waals surface area (Å²) in [6, 6.07) is 15.8. The highest BCUT2D eigenvalue weighted by molar-refractivity contribution is 7.87. The lowest BCUT2D eigenvalue weighted by Crippen LogP contribution is -2.14. The van der Waals surface area contributed by atoms with Gasteiger partial charge in [-0.15, -0.1) is 35.8 Å². The summed E-state index contributed by atoms with van der Waals surface area (Å²) >= 11 is 0. The van der Waals surface area contributed by atoms with Crippen LogP contribution in [0, 0.1) is 10.1 Å². The molecule has 8 rings (SSSR count). The van der Waals surface area contributed by atoms with E-state index in [0.29, 0.717) is 22.9 Å². The number of aromatic amines is 1. The summed E-state index contributed by atoms with van der Waals surface area (Å²) in [7, 11) is -26.5. The van der Waals surface area contributed by atoms with E-state index >= 15 is 0 Å². The molecule has 0 atom stereocenters. The van der Waals surface area contributed by atoms with E-state index < -0.39 is 176 Å². The largest absolute Gasteiger partial charge is 0.505 e. The first-order valence-corrected chi connectivity index (χ1v) is 28.4. The molecular weight excluding hydrogens is 1180 g/mol. The third kappa shape index (κ3) is 11.7. The van der Waals surface area contributed by atoms with E-state index in [9.17, 15) is 94.8 Å². The number of hydrogen-bond donors (Lipinski definition) is 9. The normalized spacial score (nSPS) is 12.9. The Morgan fingerprint density at radius 2 is 1.12 bits per heavy atom. The second-order valence-corrected chi connectivity index (χ2v) is 22.9. The average Bonchev–Trinajstić information content (AvgIpc) is 3.13. The van der Waals surface area contributed by atoms with E-state index in [-0.39, 0.29) is 17.8 Å². The minimum absolute atomic E-state index is 0.103. The highest BCUT2D eigenvalue weighted by Gasteiger charge is 2.29. The number of rotatable bonds is 17. The molecule has 81 heavy (non-hydrogen) atoms. The van der Waals surface area contributed by atoms with Gasteiger partial charge in [-0.3, -0.25) is 47.6 Å². The van der Waals surface area contributed by atoms with Crippen molar-refractivity contribution in [2.24, 2.45) is 40.9 Å². The van der Waals surface area contributed by atoms with E-state index in [0.717, 1.165) is 66.7 Å². The van der Waals surface area contributed by atoms with Crippen molar-refractivity contribution in [3.05, 3.63) is 124 Å². The van der Waals surface area contributed by atoms with E-state index in [1.807, 2.05) is 0 Å². The number of aromatic nitrogens is 2. The van der Waals surface area contributed by atoms with Crippen molar-refractivity contribution in [2.75, 3.05) is 5.73 Å². The molecule has 0 bridgehead atoms. The minimum Gasteiger partial charge on any atom is -0.505 e. The molecule has 7 aromatic carbocycles. The summed E-state index contributed by atoms with van der Waals surface area (Å²) in [6.45, 7) is -0.146. The number of fused-ring (bicyclic) bond motifs is 2. The minimum atomic E-state index is -5.64. The Kier molecular flexibility index (Phi) is 15.0. The number of nitro groups is 1. The molecule has 34 nitrogen and oxygen atoms in total. The predicted molar refractivity (Wildman–Crippen MR) is 274 cm³/mol. The number of carbonyl (C=O) groups excluding carboxylic acids is 1. The molecule has 0 radical (unpaired) electrons. The fraction of sp³-hybridized carbons (Fsp3) is 0. The molecule has 0 aliphatic rings. The van der Waals surface area contributed by atoms with Crippen molar-refractivity contribution < 1.29 is 89.5 Å². The molecule has 0 amide bonds. The first kappa shape index (κ1) is 57.5. The predicted octanol–water partition coefficient (Wildman–Crippen LogP) is 7.80. The summed E-state index contributed by atoms with van der Waals surface area (Å²) < 4.78 is 181. The maximum absolute atomic E-state index is 13.3. The van der Waals surface area contributed by atoms with Gasteiger partial charge in [0.05, 0.1) is 32.3 Å². The van der Waals surface area contributed by atoms with Gasteiger partial charge in [-0.25, -0.2) is 4.68 Å². The molecule has 0 spiro atoms. The van der Waals surface area contributed by atoms with E-state index in [1.165, 1.54) is 18.2 Å². The summed E-state index contributed by atoms with van der Waals surface area (Å²) in [4.78, 5) is 29.8. The Bertz CT molecular complexity index is 4820. The SMILES string of the molecule is Nc1c(N=Nc2ccc3c(O)c(N=Nc4ccc(N=Nc5c(OC=O)[nH]n(-c6ccc(S(=O)(=O)O)cc6)c5=O)c(S(=O)(=O)O)c4)c(S(=O)(=O)O)cc3c2S(=O)(=O)O)cc(S(=O)(=O)O)c2ccc(N=Nc3ccccc3[N+](=O)[O-])c(O)c12. The first-order chi connectivity index (χ1) is 37.8. The molecular formula is C42H28N12O22S5. The van der Waals surface area contributed by atoms with Crippen molar-refractivity contribution in [1.82, 2.24) is 9.78 Å². The molecule has 0 aliphatic carbocycles. The lowest BCUT2D eigenvalue weighted by Gasteiger charge is -2.13. The van der Waals surface area contributed by atoms with Crippen LogP contribution in [-0.4, -0.2) is 96.2 Å². The van der Waals surface area contributed by atoms with Crippen LogP contribution < -0.4 is 16.0 Å². The number of nitro benzene ring substituents is 1. The van der Waals surface area contributed by atoms with Gasteiger partial charge in [0.25, 0.3) is 62.8 Å². The van der Waals surface area contributed by atoms with E-state index in [1.54, 1.807) is 0 Å². The molecule has 8 aromatic rings. The number of nitrogens with two attached hydrogens (primary N) is 1. The summed E-state index contributed by atoms with van der Waals surface area (Å²) in [5, 5.41) is 63.5. The van der Waals surface area contributed by atoms with Crippen LogP contribution in [0.3, 0.4) is 0 Å². The number of para-hydroxylation sites is 1. The zero-order valence-electron chi connectivity index (χ0n) is 39.2. The fourth-order valence-electron chi connectivity index (χ4n) is 7.43. The molecule has 0 saturated carbocycles. The Morgan fingerprint density at radius 3 is 1.74 bits per heavy atom. The third-order valence-electron chi connectivity index (χ3n) is 11.0. The maximum atomic E-state index is 13.3. The number of azo groups is 4. The third-order valence-corrected chi connectivity index (χ3v) is 15.4. The number of nitrogen functional groups attached to an aromatic ring is 1. The fourth-order valence-corrected chi connectivity index (χ4v) is 10.7. The van der Waals surface area contributed by atoms with Gasteiger partial charge in [-0.05, 0) is 78.9 Å². The number of carbonyl (C=O) groups is 1. The van der Waals surface area contributed by atoms with Gasteiger partial charge in [0, 0.05) is 22.2 Å². The Balaban J connectivity index is 1.19. The molecule has 0 aliphatic heterocycles. The van der Waals surface area contributed by atoms with Gasteiger partial charge in [0.15, 0.2) is 17.2 Å². The van der Waals surface area contributed by atoms with Gasteiger partial charge in [-0.1, -0.05) is 18.2 Å². The Morgan fingerprint density at radius 1 is 0.556 bits per heavy atom. The van der Waals surface area contributed by atoms with Gasteiger partial charge >= 0.3 is 5.56 Å². The van der Waals surface area contributed by atoms with Crippen LogP contribution in [0.4, 0.5) is 56.9 Å². The van der Waals surface area contributed by atoms with Gasteiger partial charge in [0.1, 0.15) is 48.0 Å². The van der Waals surface area contributed by atoms with Crippen molar-refractivity contribution in [3.63, 3.8) is 0 Å². The average molecular weight is 1210 g/mol. The summed E-state index contributed by atoms with van der Waals surface area (Å²) in [5.41, 5.74) is -1.76. The number of ether oxygens (including phenoxy) is 1. The highest BCUT2D eigenvalue weighted by atomic mass is 32.2. The Labute approximate surface area is 450 Å². The van der Waals surface area contributed by atoms with Gasteiger partial charge in [-0.2, -0.15) is 47.2 Å². The molecule has 10 N–H and O–H groups in total. The molecule has 1 heterocycles. The van der Waals surface area contributed by atoms with Crippen LogP contribution in [0.15, 0.2) is 173 Å². The number of nitrogens with zero attached hydrogens (tertiary/aromatic N) is 10. The number of aromatic hydroxyl groups is 2. The zero-order valence-corrected chi connectivity index (χ0v) is 43.3. The number of benzene rings is 7. The number of phenolic OH excluding ortho intramolecular Hbond substituents is 2. The number of H-pyrrole nitrogens is 1. The molecule has 1 aromatic heterocycles.